The molecule has 0 aliphatic carbocycles. The lowest BCUT2D eigenvalue weighted by atomic mass is 10.2. The van der Waals surface area contributed by atoms with Gasteiger partial charge in [-0.3, -0.25) is 0 Å². The molecule has 1 aromatic carbocycles. The molecule has 0 amide bonds. The summed E-state index contributed by atoms with van der Waals surface area (Å²) >= 11 is 0. The molecule has 2 rings (SSSR count). The summed E-state index contributed by atoms with van der Waals surface area (Å²) < 4.78 is 30.9. The van der Waals surface area contributed by atoms with Gasteiger partial charge in [0.05, 0.1) is 12.3 Å². The van der Waals surface area contributed by atoms with E-state index < -0.39 is 10.0 Å². The van der Waals surface area contributed by atoms with Gasteiger partial charge in [0.1, 0.15) is 0 Å². The number of anilines is 1. The Balaban J connectivity index is 1.99. The van der Waals surface area contributed by atoms with E-state index in [1.807, 2.05) is 0 Å². The summed E-state index contributed by atoms with van der Waals surface area (Å²) in [7, 11) is -3.47. The normalized spacial score (nSPS) is 11.6. The highest BCUT2D eigenvalue weighted by molar-refractivity contribution is 7.88. The maximum absolute atomic E-state index is 11.8. The Kier molecular flexibility index (Phi) is 3.82. The standard InChI is InChI=1S/C11H14N4O3S/c1-8-14-11(18-15-8)6-13-19(16,17)7-9-3-2-4-10(12)5-9/h2-5,13H,6-7,12H2,1H3. The average Bonchev–Trinajstić information content (AvgIpc) is 2.72. The molecule has 0 aliphatic rings. The van der Waals surface area contributed by atoms with Crippen LogP contribution in [0.15, 0.2) is 28.8 Å². The van der Waals surface area contributed by atoms with Crippen molar-refractivity contribution in [1.82, 2.24) is 14.9 Å². The fraction of sp³-hybridized carbons (Fsp3) is 0.273. The van der Waals surface area contributed by atoms with Crippen LogP contribution in [0.4, 0.5) is 5.69 Å². The van der Waals surface area contributed by atoms with Gasteiger partial charge in [0.15, 0.2) is 5.82 Å². The zero-order valence-electron chi connectivity index (χ0n) is 10.3. The number of hydrogen-bond donors (Lipinski definition) is 2. The molecule has 0 unspecified atom stereocenters. The van der Waals surface area contributed by atoms with Crippen LogP contribution in [0.25, 0.3) is 0 Å². The number of nitrogens with zero attached hydrogens (tertiary/aromatic N) is 2. The van der Waals surface area contributed by atoms with Crippen LogP contribution in [-0.2, 0) is 22.3 Å². The molecule has 0 fully saturated rings. The Hall–Kier alpha value is -1.93. The quantitative estimate of drug-likeness (QED) is 0.776. The largest absolute Gasteiger partial charge is 0.399 e. The monoisotopic (exact) mass is 282 g/mol. The molecule has 0 atom stereocenters. The number of aromatic nitrogens is 2. The van der Waals surface area contributed by atoms with E-state index in [0.29, 0.717) is 17.1 Å². The van der Waals surface area contributed by atoms with Crippen LogP contribution in [0.1, 0.15) is 17.3 Å². The first-order chi connectivity index (χ1) is 8.94. The zero-order chi connectivity index (χ0) is 13.9. The molecule has 1 heterocycles. The lowest BCUT2D eigenvalue weighted by Crippen LogP contribution is -2.24. The first-order valence-corrected chi connectivity index (χ1v) is 7.21. The summed E-state index contributed by atoms with van der Waals surface area (Å²) in [6.07, 6.45) is 0. The Morgan fingerprint density at radius 1 is 1.42 bits per heavy atom. The Labute approximate surface area is 110 Å². The van der Waals surface area contributed by atoms with Gasteiger partial charge in [0, 0.05) is 5.69 Å². The van der Waals surface area contributed by atoms with E-state index >= 15 is 0 Å². The Morgan fingerprint density at radius 2 is 2.21 bits per heavy atom. The van der Waals surface area contributed by atoms with Crippen molar-refractivity contribution in [1.29, 1.82) is 0 Å². The third-order valence-corrected chi connectivity index (χ3v) is 3.62. The Morgan fingerprint density at radius 3 is 2.84 bits per heavy atom. The molecule has 102 valence electrons. The summed E-state index contributed by atoms with van der Waals surface area (Å²) in [5.41, 5.74) is 6.74. The van der Waals surface area contributed by atoms with Crippen LogP contribution in [0.5, 0.6) is 0 Å². The van der Waals surface area contributed by atoms with Crippen molar-refractivity contribution in [2.24, 2.45) is 0 Å². The topological polar surface area (TPSA) is 111 Å². The molecule has 0 spiro atoms. The number of nitrogens with two attached hydrogens (primary N) is 1. The van der Waals surface area contributed by atoms with Crippen LogP contribution in [0, 0.1) is 6.92 Å². The summed E-state index contributed by atoms with van der Waals surface area (Å²) in [4.78, 5) is 3.91. The second kappa shape index (κ2) is 5.37. The first kappa shape index (κ1) is 13.5. The molecule has 2 aromatic rings. The fourth-order valence-electron chi connectivity index (χ4n) is 1.54. The summed E-state index contributed by atoms with van der Waals surface area (Å²) in [5.74, 6) is 0.546. The molecule has 7 nitrogen and oxygen atoms in total. The molecule has 0 radical (unpaired) electrons. The van der Waals surface area contributed by atoms with Crippen molar-refractivity contribution in [2.75, 3.05) is 5.73 Å². The summed E-state index contributed by atoms with van der Waals surface area (Å²) in [6.45, 7) is 1.64. The van der Waals surface area contributed by atoms with Gasteiger partial charge in [-0.15, -0.1) is 0 Å². The fourth-order valence-corrected chi connectivity index (χ4v) is 2.60. The first-order valence-electron chi connectivity index (χ1n) is 5.55. The molecule has 19 heavy (non-hydrogen) atoms. The predicted molar refractivity (Wildman–Crippen MR) is 69.4 cm³/mol. The van der Waals surface area contributed by atoms with Gasteiger partial charge in [-0.2, -0.15) is 4.98 Å². The highest BCUT2D eigenvalue weighted by atomic mass is 32.2. The van der Waals surface area contributed by atoms with Crippen molar-refractivity contribution >= 4 is 15.7 Å². The SMILES string of the molecule is Cc1noc(CNS(=O)(=O)Cc2cccc(N)c2)n1. The zero-order valence-corrected chi connectivity index (χ0v) is 11.1. The maximum Gasteiger partial charge on any atom is 0.241 e. The van der Waals surface area contributed by atoms with Gasteiger partial charge < -0.3 is 10.3 Å². The average molecular weight is 282 g/mol. The predicted octanol–water partition coefficient (Wildman–Crippen LogP) is 0.580. The third kappa shape index (κ3) is 4.04. The van der Waals surface area contributed by atoms with Gasteiger partial charge in [0.25, 0.3) is 0 Å². The third-order valence-electron chi connectivity index (χ3n) is 2.32. The Bertz CT molecular complexity index is 666. The molecule has 0 bridgehead atoms. The lowest BCUT2D eigenvalue weighted by Gasteiger charge is -2.05. The van der Waals surface area contributed by atoms with Crippen LogP contribution < -0.4 is 10.5 Å². The van der Waals surface area contributed by atoms with Crippen molar-refractivity contribution in [3.8, 4) is 0 Å². The number of sulfonamides is 1. The number of aryl methyl sites for hydroxylation is 1. The minimum atomic E-state index is -3.47. The minimum absolute atomic E-state index is 0.0223. The molecule has 0 aliphatic heterocycles. The van der Waals surface area contributed by atoms with Gasteiger partial charge in [-0.1, -0.05) is 17.3 Å². The van der Waals surface area contributed by atoms with E-state index in [2.05, 4.69) is 14.9 Å². The van der Waals surface area contributed by atoms with Gasteiger partial charge in [0.2, 0.25) is 15.9 Å². The highest BCUT2D eigenvalue weighted by Crippen LogP contribution is 2.10. The van der Waals surface area contributed by atoms with Crippen molar-refractivity contribution in [3.63, 3.8) is 0 Å². The smallest absolute Gasteiger partial charge is 0.241 e. The molecule has 0 saturated carbocycles. The molecular weight excluding hydrogens is 268 g/mol. The number of benzene rings is 1. The second-order valence-electron chi connectivity index (χ2n) is 4.06. The van der Waals surface area contributed by atoms with E-state index in [4.69, 9.17) is 10.3 Å². The summed E-state index contributed by atoms with van der Waals surface area (Å²) in [6, 6.07) is 6.73. The van der Waals surface area contributed by atoms with E-state index in [9.17, 15) is 8.42 Å². The van der Waals surface area contributed by atoms with Crippen molar-refractivity contribution in [2.45, 2.75) is 19.2 Å². The van der Waals surface area contributed by atoms with Gasteiger partial charge in [-0.05, 0) is 24.6 Å². The van der Waals surface area contributed by atoms with E-state index in [0.717, 1.165) is 0 Å². The molecule has 8 heteroatoms. The number of rotatable bonds is 5. The molecule has 3 N–H and O–H groups in total. The van der Waals surface area contributed by atoms with Gasteiger partial charge >= 0.3 is 0 Å². The number of nitrogens with one attached hydrogen (secondary N) is 1. The maximum atomic E-state index is 11.8. The summed E-state index contributed by atoms with van der Waals surface area (Å²) in [5, 5.41) is 3.58. The second-order valence-corrected chi connectivity index (χ2v) is 5.87. The van der Waals surface area contributed by atoms with Crippen LogP contribution in [0.3, 0.4) is 0 Å². The number of hydrogen-bond acceptors (Lipinski definition) is 6. The van der Waals surface area contributed by atoms with Crippen molar-refractivity contribution in [3.05, 3.63) is 41.5 Å². The van der Waals surface area contributed by atoms with E-state index in [1.165, 1.54) is 0 Å². The van der Waals surface area contributed by atoms with Crippen molar-refractivity contribution < 1.29 is 12.9 Å². The van der Waals surface area contributed by atoms with E-state index in [1.54, 1.807) is 31.2 Å². The molecule has 0 saturated heterocycles. The van der Waals surface area contributed by atoms with Crippen LogP contribution in [0.2, 0.25) is 0 Å². The van der Waals surface area contributed by atoms with E-state index in [-0.39, 0.29) is 18.2 Å². The lowest BCUT2D eigenvalue weighted by molar-refractivity contribution is 0.372. The highest BCUT2D eigenvalue weighted by Gasteiger charge is 2.13. The minimum Gasteiger partial charge on any atom is -0.399 e. The molecular formula is C11H14N4O3S. The number of nitrogen functional groups attached to an aromatic ring is 1. The van der Waals surface area contributed by atoms with Crippen LogP contribution in [-0.4, -0.2) is 18.6 Å². The molecule has 1 aromatic heterocycles. The van der Waals surface area contributed by atoms with Crippen LogP contribution >= 0.6 is 0 Å². The van der Waals surface area contributed by atoms with Gasteiger partial charge in [-0.25, -0.2) is 13.1 Å².